The number of nitrogens with one attached hydrogen (secondary N) is 1. The van der Waals surface area contributed by atoms with Gasteiger partial charge in [-0.25, -0.2) is 0 Å². The van der Waals surface area contributed by atoms with Crippen molar-refractivity contribution < 1.29 is 0 Å². The summed E-state index contributed by atoms with van der Waals surface area (Å²) in [6.45, 7) is 4.31. The summed E-state index contributed by atoms with van der Waals surface area (Å²) in [6.07, 6.45) is 0. The Labute approximate surface area is 150 Å². The molecule has 1 saturated heterocycles. The molecule has 0 bridgehead atoms. The molecule has 0 amide bonds. The first-order valence-electron chi connectivity index (χ1n) is 7.72. The number of hydrogen-bond acceptors (Lipinski definition) is 3. The van der Waals surface area contributed by atoms with Crippen LogP contribution in [0.4, 0.5) is 5.69 Å². The Bertz CT molecular complexity index is 662. The van der Waals surface area contributed by atoms with Crippen LogP contribution in [0.1, 0.15) is 28.7 Å². The van der Waals surface area contributed by atoms with Crippen LogP contribution in [-0.2, 0) is 0 Å². The van der Waals surface area contributed by atoms with Gasteiger partial charge in [0.1, 0.15) is 0 Å². The minimum absolute atomic E-state index is 0. The van der Waals surface area contributed by atoms with Crippen molar-refractivity contribution in [1.82, 2.24) is 10.2 Å². The van der Waals surface area contributed by atoms with Crippen LogP contribution >= 0.6 is 24.8 Å². The second-order valence-electron chi connectivity index (χ2n) is 6.03. The lowest BCUT2D eigenvalue weighted by Crippen LogP contribution is -2.50. The van der Waals surface area contributed by atoms with E-state index in [1.54, 1.807) is 0 Å². The van der Waals surface area contributed by atoms with Crippen LogP contribution in [0.25, 0.3) is 0 Å². The Morgan fingerprint density at radius 3 is 2.30 bits per heavy atom. The van der Waals surface area contributed by atoms with Crippen molar-refractivity contribution in [2.75, 3.05) is 31.9 Å². The molecule has 5 heteroatoms. The summed E-state index contributed by atoms with van der Waals surface area (Å²) in [5, 5.41) is 3.52. The molecular formula is C18H23Cl2N3. The van der Waals surface area contributed by atoms with Crippen LogP contribution < -0.4 is 11.1 Å². The summed E-state index contributed by atoms with van der Waals surface area (Å²) in [7, 11) is 0. The fourth-order valence-corrected chi connectivity index (χ4v) is 3.83. The zero-order valence-electron chi connectivity index (χ0n) is 12.9. The second-order valence-corrected chi connectivity index (χ2v) is 6.03. The number of anilines is 1. The molecule has 2 aliphatic heterocycles. The highest BCUT2D eigenvalue weighted by molar-refractivity contribution is 5.85. The first-order valence-corrected chi connectivity index (χ1v) is 7.72. The van der Waals surface area contributed by atoms with E-state index in [0.29, 0.717) is 12.0 Å². The fourth-order valence-electron chi connectivity index (χ4n) is 3.83. The molecule has 3 N–H and O–H groups in total. The summed E-state index contributed by atoms with van der Waals surface area (Å²) < 4.78 is 0. The summed E-state index contributed by atoms with van der Waals surface area (Å²) in [4.78, 5) is 2.61. The van der Waals surface area contributed by atoms with Gasteiger partial charge < -0.3 is 11.1 Å². The van der Waals surface area contributed by atoms with E-state index >= 15 is 0 Å². The van der Waals surface area contributed by atoms with Gasteiger partial charge in [0.2, 0.25) is 0 Å². The van der Waals surface area contributed by atoms with Gasteiger partial charge in [-0.2, -0.15) is 0 Å². The largest absolute Gasteiger partial charge is 0.398 e. The molecular weight excluding hydrogens is 329 g/mol. The number of hydrogen-bond donors (Lipinski definition) is 2. The fraction of sp³-hybridized carbons (Fsp3) is 0.333. The third kappa shape index (κ3) is 3.20. The number of nitrogens with two attached hydrogens (primary N) is 1. The Morgan fingerprint density at radius 1 is 0.913 bits per heavy atom. The maximum Gasteiger partial charge on any atom is 0.0476 e. The standard InChI is InChI=1S/C18H21N3.2ClH/c19-17-8-4-3-6-14(17)16-12-21-10-9-20-11-18(21)15-7-2-1-5-13(15)16;;/h1-8,16,18,20H,9-12,19H2;2*1H/t16-,18+;;/m1../s1. The molecule has 0 saturated carbocycles. The van der Waals surface area contributed by atoms with E-state index in [1.165, 1.54) is 16.7 Å². The van der Waals surface area contributed by atoms with Crippen molar-refractivity contribution in [3.63, 3.8) is 0 Å². The van der Waals surface area contributed by atoms with E-state index in [9.17, 15) is 0 Å². The Morgan fingerprint density at radius 2 is 1.57 bits per heavy atom. The average molecular weight is 352 g/mol. The predicted octanol–water partition coefficient (Wildman–Crippen LogP) is 3.20. The van der Waals surface area contributed by atoms with E-state index in [-0.39, 0.29) is 24.8 Å². The minimum atomic E-state index is 0. The summed E-state index contributed by atoms with van der Waals surface area (Å²) >= 11 is 0. The molecule has 4 rings (SSSR count). The van der Waals surface area contributed by atoms with Crippen LogP contribution in [-0.4, -0.2) is 31.1 Å². The predicted molar refractivity (Wildman–Crippen MR) is 101 cm³/mol. The van der Waals surface area contributed by atoms with Gasteiger partial charge in [-0.15, -0.1) is 24.8 Å². The van der Waals surface area contributed by atoms with E-state index in [0.717, 1.165) is 31.9 Å². The van der Waals surface area contributed by atoms with Gasteiger partial charge in [-0.1, -0.05) is 42.5 Å². The summed E-state index contributed by atoms with van der Waals surface area (Å²) in [5.74, 6) is 0.386. The van der Waals surface area contributed by atoms with Gasteiger partial charge in [0, 0.05) is 43.8 Å². The number of benzene rings is 2. The zero-order chi connectivity index (χ0) is 14.2. The lowest BCUT2D eigenvalue weighted by molar-refractivity contribution is 0.143. The molecule has 2 heterocycles. The molecule has 124 valence electrons. The van der Waals surface area contributed by atoms with E-state index in [2.05, 4.69) is 46.6 Å². The van der Waals surface area contributed by atoms with Crippen LogP contribution in [0, 0.1) is 0 Å². The number of rotatable bonds is 1. The monoisotopic (exact) mass is 351 g/mol. The van der Waals surface area contributed by atoms with Gasteiger partial charge in [-0.05, 0) is 22.8 Å². The molecule has 1 fully saturated rings. The molecule has 23 heavy (non-hydrogen) atoms. The number of nitrogens with zero attached hydrogens (tertiary/aromatic N) is 1. The Kier molecular flexibility index (Phi) is 5.93. The second kappa shape index (κ2) is 7.54. The molecule has 3 nitrogen and oxygen atoms in total. The minimum Gasteiger partial charge on any atom is -0.398 e. The molecule has 0 aromatic heterocycles. The van der Waals surface area contributed by atoms with Gasteiger partial charge >= 0.3 is 0 Å². The molecule has 2 aliphatic rings. The number of fused-ring (bicyclic) bond motifs is 3. The molecule has 0 radical (unpaired) electrons. The normalized spacial score (nSPS) is 23.0. The van der Waals surface area contributed by atoms with Crippen molar-refractivity contribution in [2.45, 2.75) is 12.0 Å². The van der Waals surface area contributed by atoms with Crippen molar-refractivity contribution in [1.29, 1.82) is 0 Å². The Balaban J connectivity index is 0.000000960. The molecule has 0 unspecified atom stereocenters. The number of piperazine rings is 1. The molecule has 0 aliphatic carbocycles. The highest BCUT2D eigenvalue weighted by atomic mass is 35.5. The van der Waals surface area contributed by atoms with Crippen molar-refractivity contribution in [3.8, 4) is 0 Å². The number of para-hydroxylation sites is 1. The SMILES string of the molecule is Cl.Cl.Nc1ccccc1[C@@H]1CN2CCNC[C@H]2c2ccccc21. The highest BCUT2D eigenvalue weighted by Gasteiger charge is 2.35. The molecule has 2 atom stereocenters. The van der Waals surface area contributed by atoms with Gasteiger partial charge in [0.15, 0.2) is 0 Å². The van der Waals surface area contributed by atoms with E-state index < -0.39 is 0 Å². The third-order valence-electron chi connectivity index (χ3n) is 4.87. The average Bonchev–Trinajstić information content (AvgIpc) is 2.55. The maximum atomic E-state index is 6.25. The zero-order valence-corrected chi connectivity index (χ0v) is 14.6. The number of halogens is 2. The summed E-state index contributed by atoms with van der Waals surface area (Å²) in [5.41, 5.74) is 11.3. The molecule has 2 aromatic rings. The topological polar surface area (TPSA) is 41.3 Å². The van der Waals surface area contributed by atoms with Crippen LogP contribution in [0.5, 0.6) is 0 Å². The van der Waals surface area contributed by atoms with Crippen LogP contribution in [0.3, 0.4) is 0 Å². The van der Waals surface area contributed by atoms with Crippen molar-refractivity contribution in [3.05, 3.63) is 65.2 Å². The maximum absolute atomic E-state index is 6.25. The Hall–Kier alpha value is -1.26. The number of nitrogen functional groups attached to an aromatic ring is 1. The van der Waals surface area contributed by atoms with Crippen molar-refractivity contribution >= 4 is 30.5 Å². The lowest BCUT2D eigenvalue weighted by Gasteiger charge is -2.44. The third-order valence-corrected chi connectivity index (χ3v) is 4.87. The molecule has 2 aromatic carbocycles. The van der Waals surface area contributed by atoms with Crippen LogP contribution in [0.15, 0.2) is 48.5 Å². The summed E-state index contributed by atoms with van der Waals surface area (Å²) in [6, 6.07) is 17.7. The van der Waals surface area contributed by atoms with E-state index in [4.69, 9.17) is 5.73 Å². The quantitative estimate of drug-likeness (QED) is 0.775. The van der Waals surface area contributed by atoms with Crippen LogP contribution in [0.2, 0.25) is 0 Å². The van der Waals surface area contributed by atoms with E-state index in [1.807, 2.05) is 12.1 Å². The van der Waals surface area contributed by atoms with Gasteiger partial charge in [0.05, 0.1) is 0 Å². The first kappa shape index (κ1) is 18.1. The van der Waals surface area contributed by atoms with Gasteiger partial charge in [0.25, 0.3) is 0 Å². The smallest absolute Gasteiger partial charge is 0.0476 e. The molecule has 0 spiro atoms. The van der Waals surface area contributed by atoms with Crippen molar-refractivity contribution in [2.24, 2.45) is 0 Å². The highest BCUT2D eigenvalue weighted by Crippen LogP contribution is 2.41. The van der Waals surface area contributed by atoms with Gasteiger partial charge in [-0.3, -0.25) is 4.90 Å². The lowest BCUT2D eigenvalue weighted by atomic mass is 9.80. The first-order chi connectivity index (χ1) is 10.3.